The van der Waals surface area contributed by atoms with E-state index in [9.17, 15) is 0 Å². The van der Waals surface area contributed by atoms with E-state index in [2.05, 4.69) is 29.6 Å². The number of hydrogen-bond donors (Lipinski definition) is 0. The van der Waals surface area contributed by atoms with E-state index < -0.39 is 8.07 Å². The zero-order chi connectivity index (χ0) is 19.4. The van der Waals surface area contributed by atoms with Crippen LogP contribution < -0.4 is 4.74 Å². The minimum Gasteiger partial charge on any atom is -0.494 e. The van der Waals surface area contributed by atoms with E-state index in [1.54, 1.807) is 6.07 Å². The van der Waals surface area contributed by atoms with Crippen LogP contribution in [0.2, 0.25) is 30.8 Å². The maximum Gasteiger partial charge on any atom is 0.140 e. The fourth-order valence-electron chi connectivity index (χ4n) is 2.72. The zero-order valence-corrected chi connectivity index (χ0v) is 18.0. The molecule has 27 heavy (non-hydrogen) atoms. The van der Waals surface area contributed by atoms with Crippen LogP contribution in [0.25, 0.3) is 22.3 Å². The van der Waals surface area contributed by atoms with Crippen LogP contribution in [0.5, 0.6) is 5.75 Å². The van der Waals surface area contributed by atoms with Gasteiger partial charge in [0.05, 0.1) is 23.5 Å². The van der Waals surface area contributed by atoms with Crippen LogP contribution in [-0.4, -0.2) is 41.0 Å². The van der Waals surface area contributed by atoms with Gasteiger partial charge in [-0.3, -0.25) is 0 Å². The first-order valence-electron chi connectivity index (χ1n) is 9.06. The van der Waals surface area contributed by atoms with E-state index in [1.807, 2.05) is 29.8 Å². The molecule has 0 bridgehead atoms. The Hall–Kier alpha value is -1.96. The summed E-state index contributed by atoms with van der Waals surface area (Å²) in [6.07, 6.45) is 1.46. The maximum absolute atomic E-state index is 6.09. The second-order valence-electron chi connectivity index (χ2n) is 7.53. The highest BCUT2D eigenvalue weighted by molar-refractivity contribution is 6.76. The Morgan fingerprint density at radius 3 is 2.67 bits per heavy atom. The topological polar surface area (TPSA) is 62.1 Å². The van der Waals surface area contributed by atoms with Crippen LogP contribution >= 0.6 is 11.6 Å². The molecule has 0 radical (unpaired) electrons. The van der Waals surface area contributed by atoms with Crippen molar-refractivity contribution in [2.75, 3.05) is 13.2 Å². The molecule has 3 rings (SSSR count). The summed E-state index contributed by atoms with van der Waals surface area (Å²) in [5.41, 5.74) is 2.42. The zero-order valence-electron chi connectivity index (χ0n) is 16.2. The third kappa shape index (κ3) is 5.06. The molecule has 0 aliphatic heterocycles. The quantitative estimate of drug-likeness (QED) is 0.305. The predicted octanol–water partition coefficient (Wildman–Crippen LogP) is 4.86. The minimum atomic E-state index is -1.14. The Morgan fingerprint density at radius 2 is 1.96 bits per heavy atom. The fourth-order valence-corrected chi connectivity index (χ4v) is 3.63. The van der Waals surface area contributed by atoms with Gasteiger partial charge in [-0.15, -0.1) is 0 Å². The lowest BCUT2D eigenvalue weighted by atomic mass is 10.1. The maximum atomic E-state index is 6.09. The number of nitrogens with zero attached hydrogens (tertiary/aromatic N) is 4. The van der Waals surface area contributed by atoms with Gasteiger partial charge in [-0.25, -0.2) is 14.6 Å². The third-order valence-electron chi connectivity index (χ3n) is 4.11. The molecule has 0 spiro atoms. The lowest BCUT2D eigenvalue weighted by Gasteiger charge is -2.15. The van der Waals surface area contributed by atoms with Gasteiger partial charge in [0.15, 0.2) is 0 Å². The SMILES string of the molecule is CCOc1ccc2nn(COCC[Si](C)(C)C)c(-c3cc(Cl)ncn3)c2c1. The van der Waals surface area contributed by atoms with Gasteiger partial charge >= 0.3 is 0 Å². The van der Waals surface area contributed by atoms with Gasteiger partial charge in [-0.1, -0.05) is 31.2 Å². The highest BCUT2D eigenvalue weighted by Crippen LogP contribution is 2.31. The Balaban J connectivity index is 1.97. The molecule has 0 amide bonds. The molecule has 0 saturated carbocycles. The molecule has 8 heteroatoms. The van der Waals surface area contributed by atoms with Crippen LogP contribution in [-0.2, 0) is 11.5 Å². The van der Waals surface area contributed by atoms with Crippen molar-refractivity contribution >= 4 is 30.6 Å². The first-order chi connectivity index (χ1) is 12.9. The van der Waals surface area contributed by atoms with Gasteiger partial charge in [0.1, 0.15) is 24.0 Å². The number of hydrogen-bond acceptors (Lipinski definition) is 5. The first-order valence-corrected chi connectivity index (χ1v) is 13.1. The molecular weight excluding hydrogens is 380 g/mol. The normalized spacial score (nSPS) is 11.9. The lowest BCUT2D eigenvalue weighted by molar-refractivity contribution is 0.0802. The van der Waals surface area contributed by atoms with Crippen molar-refractivity contribution in [3.8, 4) is 17.1 Å². The molecule has 6 nitrogen and oxygen atoms in total. The summed E-state index contributed by atoms with van der Waals surface area (Å²) in [4.78, 5) is 8.37. The predicted molar refractivity (Wildman–Crippen MR) is 111 cm³/mol. The summed E-state index contributed by atoms with van der Waals surface area (Å²) in [6.45, 7) is 10.7. The minimum absolute atomic E-state index is 0.361. The Morgan fingerprint density at radius 1 is 1.15 bits per heavy atom. The average molecular weight is 405 g/mol. The monoisotopic (exact) mass is 404 g/mol. The average Bonchev–Trinajstić information content (AvgIpc) is 2.96. The standard InChI is InChI=1S/C19H25ClN4O2Si/c1-5-26-14-6-7-16-15(10-14)19(17-11-18(20)22-12-21-17)24(23-16)13-25-8-9-27(2,3)4/h6-7,10-12H,5,8-9,13H2,1-4H3. The molecule has 2 aromatic heterocycles. The van der Waals surface area contributed by atoms with Gasteiger partial charge in [0, 0.05) is 26.1 Å². The van der Waals surface area contributed by atoms with Crippen molar-refractivity contribution in [1.82, 2.24) is 19.7 Å². The number of ether oxygens (including phenoxy) is 2. The van der Waals surface area contributed by atoms with Gasteiger partial charge in [0.2, 0.25) is 0 Å². The van der Waals surface area contributed by atoms with Crippen LogP contribution in [0.4, 0.5) is 0 Å². The molecular formula is C19H25ClN4O2Si. The first kappa shape index (κ1) is 19.8. The molecule has 0 aliphatic carbocycles. The van der Waals surface area contributed by atoms with Gasteiger partial charge in [-0.05, 0) is 31.2 Å². The molecule has 0 saturated heterocycles. The van der Waals surface area contributed by atoms with Crippen LogP contribution in [0.1, 0.15) is 6.92 Å². The van der Waals surface area contributed by atoms with Crippen LogP contribution in [0, 0.1) is 0 Å². The Bertz CT molecular complexity index is 924. The molecule has 0 fully saturated rings. The van der Waals surface area contributed by atoms with Crippen molar-refractivity contribution in [2.45, 2.75) is 39.3 Å². The van der Waals surface area contributed by atoms with E-state index >= 15 is 0 Å². The molecule has 1 aromatic carbocycles. The number of aromatic nitrogens is 4. The van der Waals surface area contributed by atoms with Gasteiger partial charge in [-0.2, -0.15) is 5.10 Å². The van der Waals surface area contributed by atoms with E-state index in [4.69, 9.17) is 26.2 Å². The summed E-state index contributed by atoms with van der Waals surface area (Å²) in [5.74, 6) is 0.797. The van der Waals surface area contributed by atoms with Crippen LogP contribution in [0.3, 0.4) is 0 Å². The number of benzene rings is 1. The fraction of sp³-hybridized carbons (Fsp3) is 0.421. The van der Waals surface area contributed by atoms with Crippen molar-refractivity contribution in [3.05, 3.63) is 35.7 Å². The molecule has 144 valence electrons. The number of rotatable bonds is 8. The Labute approximate surface area is 165 Å². The summed E-state index contributed by atoms with van der Waals surface area (Å²) in [6, 6.07) is 8.70. The van der Waals surface area contributed by atoms with E-state index in [0.29, 0.717) is 24.2 Å². The third-order valence-corrected chi connectivity index (χ3v) is 6.02. The van der Waals surface area contributed by atoms with Gasteiger partial charge < -0.3 is 9.47 Å². The lowest BCUT2D eigenvalue weighted by Crippen LogP contribution is -2.22. The van der Waals surface area contributed by atoms with E-state index in [0.717, 1.165) is 35.0 Å². The van der Waals surface area contributed by atoms with Crippen molar-refractivity contribution in [3.63, 3.8) is 0 Å². The van der Waals surface area contributed by atoms with E-state index in [-0.39, 0.29) is 0 Å². The van der Waals surface area contributed by atoms with Crippen molar-refractivity contribution < 1.29 is 9.47 Å². The number of fused-ring (bicyclic) bond motifs is 1. The molecule has 0 aliphatic rings. The summed E-state index contributed by atoms with van der Waals surface area (Å²) in [7, 11) is -1.14. The highest BCUT2D eigenvalue weighted by atomic mass is 35.5. The smallest absolute Gasteiger partial charge is 0.140 e. The van der Waals surface area contributed by atoms with Crippen molar-refractivity contribution in [2.24, 2.45) is 0 Å². The van der Waals surface area contributed by atoms with Crippen LogP contribution in [0.15, 0.2) is 30.6 Å². The number of halogens is 1. The second kappa shape index (κ2) is 8.37. The Kier molecular flexibility index (Phi) is 6.14. The van der Waals surface area contributed by atoms with Crippen molar-refractivity contribution in [1.29, 1.82) is 0 Å². The second-order valence-corrected chi connectivity index (χ2v) is 13.5. The van der Waals surface area contributed by atoms with Gasteiger partial charge in [0.25, 0.3) is 0 Å². The molecule has 0 N–H and O–H groups in total. The highest BCUT2D eigenvalue weighted by Gasteiger charge is 2.17. The summed E-state index contributed by atoms with van der Waals surface area (Å²) >= 11 is 6.09. The largest absolute Gasteiger partial charge is 0.494 e. The molecule has 2 heterocycles. The molecule has 0 unspecified atom stereocenters. The van der Waals surface area contributed by atoms with E-state index in [1.165, 1.54) is 6.33 Å². The molecule has 3 aromatic rings. The summed E-state index contributed by atoms with van der Waals surface area (Å²) in [5, 5.41) is 6.04. The molecule has 0 atom stereocenters. The summed E-state index contributed by atoms with van der Waals surface area (Å²) < 4.78 is 13.4.